The summed E-state index contributed by atoms with van der Waals surface area (Å²) in [5.74, 6) is -0.0613. The number of hydrogen-bond acceptors (Lipinski definition) is 4. The molecule has 1 N–H and O–H groups in total. The smallest absolute Gasteiger partial charge is 0.338 e. The number of benzene rings is 2. The van der Waals surface area contributed by atoms with Crippen LogP contribution in [0, 0.1) is 6.92 Å². The molecule has 23 heavy (non-hydrogen) atoms. The number of anilines is 1. The minimum atomic E-state index is -0.433. The van der Waals surface area contributed by atoms with Crippen LogP contribution >= 0.6 is 0 Å². The Kier molecular flexibility index (Phi) is 5.36. The average Bonchev–Trinajstić information content (AvgIpc) is 2.56. The summed E-state index contributed by atoms with van der Waals surface area (Å²) in [6.07, 6.45) is 0. The molecule has 0 atom stereocenters. The first-order chi connectivity index (χ1) is 11.1. The van der Waals surface area contributed by atoms with E-state index in [4.69, 9.17) is 9.47 Å². The van der Waals surface area contributed by atoms with Crippen LogP contribution in [-0.2, 0) is 4.74 Å². The fourth-order valence-electron chi connectivity index (χ4n) is 2.19. The van der Waals surface area contributed by atoms with E-state index in [0.717, 1.165) is 0 Å². The van der Waals surface area contributed by atoms with Crippen LogP contribution in [0.25, 0.3) is 0 Å². The molecule has 120 valence electrons. The summed E-state index contributed by atoms with van der Waals surface area (Å²) in [5.41, 5.74) is 2.14. The van der Waals surface area contributed by atoms with Crippen molar-refractivity contribution in [2.24, 2.45) is 0 Å². The average molecular weight is 313 g/mol. The molecular formula is C18H19NO4. The van der Waals surface area contributed by atoms with E-state index < -0.39 is 5.97 Å². The number of amides is 1. The molecule has 0 saturated heterocycles. The number of carbonyl (C=O) groups excluding carboxylic acids is 2. The van der Waals surface area contributed by atoms with Crippen LogP contribution < -0.4 is 10.1 Å². The van der Waals surface area contributed by atoms with Gasteiger partial charge in [-0.05, 0) is 49.7 Å². The number of ether oxygens (including phenoxy) is 2. The minimum absolute atomic E-state index is 0.267. The van der Waals surface area contributed by atoms with Gasteiger partial charge in [0.05, 0.1) is 19.3 Å². The fourth-order valence-corrected chi connectivity index (χ4v) is 2.19. The van der Waals surface area contributed by atoms with Gasteiger partial charge in [0, 0.05) is 11.3 Å². The van der Waals surface area contributed by atoms with E-state index >= 15 is 0 Å². The molecular weight excluding hydrogens is 294 g/mol. The van der Waals surface area contributed by atoms with Crippen LogP contribution in [0.15, 0.2) is 42.5 Å². The largest absolute Gasteiger partial charge is 0.494 e. The van der Waals surface area contributed by atoms with E-state index in [2.05, 4.69) is 5.32 Å². The van der Waals surface area contributed by atoms with Gasteiger partial charge in [-0.15, -0.1) is 0 Å². The van der Waals surface area contributed by atoms with Gasteiger partial charge in [0.2, 0.25) is 0 Å². The predicted molar refractivity (Wildman–Crippen MR) is 88.1 cm³/mol. The van der Waals surface area contributed by atoms with Gasteiger partial charge in [-0.3, -0.25) is 4.79 Å². The second kappa shape index (κ2) is 7.45. The van der Waals surface area contributed by atoms with E-state index in [-0.39, 0.29) is 5.91 Å². The number of methoxy groups -OCH3 is 1. The van der Waals surface area contributed by atoms with Crippen molar-refractivity contribution >= 4 is 17.6 Å². The summed E-state index contributed by atoms with van der Waals surface area (Å²) in [6.45, 7) is 4.18. The number of nitrogens with one attached hydrogen (secondary N) is 1. The lowest BCUT2D eigenvalue weighted by Gasteiger charge is -2.12. The topological polar surface area (TPSA) is 64.6 Å². The first kappa shape index (κ1) is 16.5. The molecule has 0 saturated carbocycles. The van der Waals surface area contributed by atoms with Crippen molar-refractivity contribution in [3.8, 4) is 5.75 Å². The third kappa shape index (κ3) is 3.88. The molecule has 0 fully saturated rings. The highest BCUT2D eigenvalue weighted by atomic mass is 16.5. The fraction of sp³-hybridized carbons (Fsp3) is 0.222. The van der Waals surface area contributed by atoms with Crippen LogP contribution in [0.5, 0.6) is 5.75 Å². The Labute approximate surface area is 135 Å². The lowest BCUT2D eigenvalue weighted by atomic mass is 10.1. The molecule has 1 amide bonds. The molecule has 0 heterocycles. The molecule has 0 radical (unpaired) electrons. The molecule has 0 aliphatic rings. The lowest BCUT2D eigenvalue weighted by molar-refractivity contribution is 0.0599. The Morgan fingerprint density at radius 2 is 1.87 bits per heavy atom. The zero-order valence-electron chi connectivity index (χ0n) is 13.4. The molecule has 0 spiro atoms. The Balaban J connectivity index is 2.24. The second-order valence-electron chi connectivity index (χ2n) is 4.88. The first-order valence-electron chi connectivity index (χ1n) is 7.29. The third-order valence-electron chi connectivity index (χ3n) is 3.39. The van der Waals surface area contributed by atoms with Crippen molar-refractivity contribution in [2.75, 3.05) is 19.0 Å². The van der Waals surface area contributed by atoms with Gasteiger partial charge >= 0.3 is 5.97 Å². The lowest BCUT2D eigenvalue weighted by Crippen LogP contribution is -2.14. The van der Waals surface area contributed by atoms with Crippen molar-refractivity contribution in [1.29, 1.82) is 0 Å². The number of hydrogen-bond donors (Lipinski definition) is 1. The molecule has 2 aromatic rings. The summed E-state index contributed by atoms with van der Waals surface area (Å²) in [6, 6.07) is 12.0. The van der Waals surface area contributed by atoms with E-state index in [9.17, 15) is 9.59 Å². The molecule has 0 bridgehead atoms. The zero-order valence-corrected chi connectivity index (χ0v) is 13.4. The zero-order chi connectivity index (χ0) is 16.8. The van der Waals surface area contributed by atoms with E-state index in [0.29, 0.717) is 34.7 Å². The van der Waals surface area contributed by atoms with Crippen molar-refractivity contribution < 1.29 is 19.1 Å². The molecule has 2 aromatic carbocycles. The number of carbonyl (C=O) groups is 2. The molecule has 5 nitrogen and oxygen atoms in total. The molecule has 0 unspecified atom stereocenters. The molecule has 5 heteroatoms. The molecule has 0 aliphatic carbocycles. The number of rotatable bonds is 5. The van der Waals surface area contributed by atoms with Crippen LogP contribution in [0.3, 0.4) is 0 Å². The maximum absolute atomic E-state index is 12.4. The van der Waals surface area contributed by atoms with E-state index in [1.807, 2.05) is 6.92 Å². The molecule has 2 rings (SSSR count). The van der Waals surface area contributed by atoms with Gasteiger partial charge in [0.1, 0.15) is 5.75 Å². The molecule has 0 aromatic heterocycles. The second-order valence-corrected chi connectivity index (χ2v) is 4.88. The van der Waals surface area contributed by atoms with Crippen LogP contribution in [-0.4, -0.2) is 25.6 Å². The monoisotopic (exact) mass is 313 g/mol. The summed E-state index contributed by atoms with van der Waals surface area (Å²) in [5, 5.41) is 2.81. The predicted octanol–water partition coefficient (Wildman–Crippen LogP) is 3.43. The third-order valence-corrected chi connectivity index (χ3v) is 3.39. The quantitative estimate of drug-likeness (QED) is 0.859. The van der Waals surface area contributed by atoms with Crippen molar-refractivity contribution in [1.82, 2.24) is 0 Å². The van der Waals surface area contributed by atoms with Crippen LogP contribution in [0.2, 0.25) is 0 Å². The van der Waals surface area contributed by atoms with Gasteiger partial charge in [-0.2, -0.15) is 0 Å². The Hall–Kier alpha value is -2.82. The van der Waals surface area contributed by atoms with Crippen molar-refractivity contribution in [2.45, 2.75) is 13.8 Å². The maximum atomic E-state index is 12.4. The summed E-state index contributed by atoms with van der Waals surface area (Å²) >= 11 is 0. The maximum Gasteiger partial charge on any atom is 0.338 e. The Bertz CT molecular complexity index is 725. The summed E-state index contributed by atoms with van der Waals surface area (Å²) < 4.78 is 10.1. The highest BCUT2D eigenvalue weighted by Gasteiger charge is 2.14. The summed E-state index contributed by atoms with van der Waals surface area (Å²) in [7, 11) is 1.33. The normalized spacial score (nSPS) is 10.0. The highest BCUT2D eigenvalue weighted by molar-refractivity contribution is 6.05. The van der Waals surface area contributed by atoms with E-state index in [1.54, 1.807) is 49.4 Å². The molecule has 0 aliphatic heterocycles. The van der Waals surface area contributed by atoms with Gasteiger partial charge in [-0.25, -0.2) is 4.79 Å². The summed E-state index contributed by atoms with van der Waals surface area (Å²) in [4.78, 5) is 24.1. The van der Waals surface area contributed by atoms with Gasteiger partial charge in [-0.1, -0.05) is 12.1 Å². The van der Waals surface area contributed by atoms with Crippen molar-refractivity contribution in [3.05, 3.63) is 59.2 Å². The van der Waals surface area contributed by atoms with Crippen molar-refractivity contribution in [3.63, 3.8) is 0 Å². The minimum Gasteiger partial charge on any atom is -0.494 e. The van der Waals surface area contributed by atoms with Crippen LogP contribution in [0.1, 0.15) is 33.2 Å². The van der Waals surface area contributed by atoms with E-state index in [1.165, 1.54) is 7.11 Å². The standard InChI is InChI=1S/C18H19NO4/c1-4-23-14-8-5-7-13(11-14)17(20)19-16-10-6-9-15(12(16)2)18(21)22-3/h5-11H,4H2,1-3H3,(H,19,20). The highest BCUT2D eigenvalue weighted by Crippen LogP contribution is 2.21. The van der Waals surface area contributed by atoms with Gasteiger partial charge < -0.3 is 14.8 Å². The Morgan fingerprint density at radius 1 is 1.13 bits per heavy atom. The SMILES string of the molecule is CCOc1cccc(C(=O)Nc2cccc(C(=O)OC)c2C)c1. The van der Waals surface area contributed by atoms with Crippen LogP contribution in [0.4, 0.5) is 5.69 Å². The van der Waals surface area contributed by atoms with Gasteiger partial charge in [0.15, 0.2) is 0 Å². The first-order valence-corrected chi connectivity index (χ1v) is 7.29. The Morgan fingerprint density at radius 3 is 2.57 bits per heavy atom. The number of esters is 1. The van der Waals surface area contributed by atoms with Gasteiger partial charge in [0.25, 0.3) is 5.91 Å².